The molecule has 0 unspecified atom stereocenters. The van der Waals surface area contributed by atoms with Crippen molar-refractivity contribution in [2.75, 3.05) is 6.54 Å². The van der Waals surface area contributed by atoms with Gasteiger partial charge in [0.25, 0.3) is 0 Å². The summed E-state index contributed by atoms with van der Waals surface area (Å²) < 4.78 is 0. The van der Waals surface area contributed by atoms with E-state index in [0.717, 1.165) is 25.8 Å². The van der Waals surface area contributed by atoms with Crippen LogP contribution in [0.2, 0.25) is 0 Å². The normalized spacial score (nSPS) is 22.5. The van der Waals surface area contributed by atoms with Crippen molar-refractivity contribution in [2.45, 2.75) is 38.1 Å². The van der Waals surface area contributed by atoms with Gasteiger partial charge in [-0.2, -0.15) is 0 Å². The molecule has 3 N–H and O–H groups in total. The Balaban J connectivity index is 0.00000162. The molecule has 1 aliphatic rings. The summed E-state index contributed by atoms with van der Waals surface area (Å²) in [5.74, 6) is 0.556. The first kappa shape index (κ1) is 15.5. The smallest absolute Gasteiger partial charge is 0.220 e. The van der Waals surface area contributed by atoms with E-state index in [1.54, 1.807) is 11.3 Å². The molecule has 0 bridgehead atoms. The molecular weight excluding hydrogens is 268 g/mol. The topological polar surface area (TPSA) is 55.1 Å². The van der Waals surface area contributed by atoms with Crippen molar-refractivity contribution in [3.8, 4) is 0 Å². The third-order valence-corrected chi connectivity index (χ3v) is 4.38. The summed E-state index contributed by atoms with van der Waals surface area (Å²) in [6.45, 7) is 0.737. The van der Waals surface area contributed by atoms with Crippen molar-refractivity contribution in [3.63, 3.8) is 0 Å². The van der Waals surface area contributed by atoms with Gasteiger partial charge >= 0.3 is 0 Å². The van der Waals surface area contributed by atoms with Crippen LogP contribution >= 0.6 is 23.7 Å². The largest absolute Gasteiger partial charge is 0.356 e. The van der Waals surface area contributed by atoms with Crippen LogP contribution in [-0.4, -0.2) is 18.5 Å². The zero-order chi connectivity index (χ0) is 12.1. The maximum Gasteiger partial charge on any atom is 0.220 e. The number of hydrogen-bond donors (Lipinski definition) is 2. The zero-order valence-electron chi connectivity index (χ0n) is 10.4. The van der Waals surface area contributed by atoms with Gasteiger partial charge in [0.2, 0.25) is 5.91 Å². The first-order valence-electron chi connectivity index (χ1n) is 6.30. The van der Waals surface area contributed by atoms with E-state index in [1.807, 2.05) is 6.07 Å². The van der Waals surface area contributed by atoms with E-state index >= 15 is 0 Å². The van der Waals surface area contributed by atoms with Crippen molar-refractivity contribution in [1.82, 2.24) is 5.32 Å². The van der Waals surface area contributed by atoms with Gasteiger partial charge in [-0.1, -0.05) is 12.5 Å². The van der Waals surface area contributed by atoms with Gasteiger partial charge in [-0.25, -0.2) is 0 Å². The molecule has 0 radical (unpaired) electrons. The van der Waals surface area contributed by atoms with E-state index < -0.39 is 0 Å². The summed E-state index contributed by atoms with van der Waals surface area (Å²) in [6.07, 6.45) is 4.90. The number of rotatable bonds is 5. The molecule has 18 heavy (non-hydrogen) atoms. The standard InChI is InChI=1S/C13H20N2OS.ClH/c14-12-5-1-3-10(12)9-13(16)15-7-6-11-4-2-8-17-11;/h2,4,8,10,12H,1,3,5-7,9,14H2,(H,15,16);1H/t10-,12+;/m0./s1. The molecule has 1 aromatic rings. The number of thiophene rings is 1. The molecule has 1 saturated carbocycles. The minimum absolute atomic E-state index is 0. The van der Waals surface area contributed by atoms with Gasteiger partial charge in [0.05, 0.1) is 0 Å². The molecule has 1 aromatic heterocycles. The van der Waals surface area contributed by atoms with E-state index in [-0.39, 0.29) is 24.4 Å². The molecule has 5 heteroatoms. The van der Waals surface area contributed by atoms with E-state index in [9.17, 15) is 4.79 Å². The summed E-state index contributed by atoms with van der Waals surface area (Å²) in [6, 6.07) is 4.38. The second kappa shape index (κ2) is 7.77. The van der Waals surface area contributed by atoms with Gasteiger partial charge in [0.1, 0.15) is 0 Å². The van der Waals surface area contributed by atoms with E-state index in [0.29, 0.717) is 12.3 Å². The maximum absolute atomic E-state index is 11.7. The Morgan fingerprint density at radius 3 is 2.94 bits per heavy atom. The van der Waals surface area contributed by atoms with Crippen molar-refractivity contribution in [3.05, 3.63) is 22.4 Å². The minimum atomic E-state index is 0. The molecule has 102 valence electrons. The van der Waals surface area contributed by atoms with Gasteiger partial charge < -0.3 is 11.1 Å². The molecular formula is C13H21ClN2OS. The Labute approximate surface area is 119 Å². The number of nitrogens with two attached hydrogens (primary N) is 1. The molecule has 2 rings (SSSR count). The highest BCUT2D eigenvalue weighted by Gasteiger charge is 2.25. The average Bonchev–Trinajstić information content (AvgIpc) is 2.92. The molecule has 0 saturated heterocycles. The van der Waals surface area contributed by atoms with Gasteiger partial charge in [-0.05, 0) is 36.6 Å². The maximum atomic E-state index is 11.7. The second-order valence-corrected chi connectivity index (χ2v) is 5.77. The molecule has 0 aromatic carbocycles. The van der Waals surface area contributed by atoms with Crippen LogP contribution in [-0.2, 0) is 11.2 Å². The van der Waals surface area contributed by atoms with Crippen LogP contribution in [0.4, 0.5) is 0 Å². The first-order chi connectivity index (χ1) is 8.25. The molecule has 3 nitrogen and oxygen atoms in total. The van der Waals surface area contributed by atoms with Gasteiger partial charge in [0.15, 0.2) is 0 Å². The lowest BCUT2D eigenvalue weighted by Gasteiger charge is -2.14. The number of halogens is 1. The fraction of sp³-hybridized carbons (Fsp3) is 0.615. The molecule has 0 spiro atoms. The zero-order valence-corrected chi connectivity index (χ0v) is 12.1. The summed E-state index contributed by atoms with van der Waals surface area (Å²) in [4.78, 5) is 13.0. The van der Waals surface area contributed by atoms with Gasteiger partial charge in [0, 0.05) is 23.9 Å². The number of carbonyl (C=O) groups excluding carboxylic acids is 1. The fourth-order valence-corrected chi connectivity index (χ4v) is 3.12. The molecule has 1 aliphatic carbocycles. The van der Waals surface area contributed by atoms with Crippen molar-refractivity contribution in [2.24, 2.45) is 11.7 Å². The van der Waals surface area contributed by atoms with Crippen LogP contribution in [0.25, 0.3) is 0 Å². The van der Waals surface area contributed by atoms with Crippen LogP contribution in [0.1, 0.15) is 30.6 Å². The Kier molecular flexibility index (Phi) is 6.68. The van der Waals surface area contributed by atoms with Crippen LogP contribution in [0, 0.1) is 5.92 Å². The molecule has 1 heterocycles. The van der Waals surface area contributed by atoms with Crippen LogP contribution in [0.5, 0.6) is 0 Å². The Morgan fingerprint density at radius 2 is 2.33 bits per heavy atom. The predicted molar refractivity (Wildman–Crippen MR) is 78.2 cm³/mol. The monoisotopic (exact) mass is 288 g/mol. The summed E-state index contributed by atoms with van der Waals surface area (Å²) >= 11 is 1.74. The molecule has 1 amide bonds. The van der Waals surface area contributed by atoms with Crippen LogP contribution in [0.15, 0.2) is 17.5 Å². The number of carbonyl (C=O) groups is 1. The predicted octanol–water partition coefficient (Wildman–Crippen LogP) is 2.35. The average molecular weight is 289 g/mol. The lowest BCUT2D eigenvalue weighted by Crippen LogP contribution is -2.32. The third kappa shape index (κ3) is 4.59. The Bertz CT molecular complexity index is 356. The number of amides is 1. The highest BCUT2D eigenvalue weighted by molar-refractivity contribution is 7.09. The van der Waals surface area contributed by atoms with Crippen LogP contribution < -0.4 is 11.1 Å². The second-order valence-electron chi connectivity index (χ2n) is 4.74. The van der Waals surface area contributed by atoms with Crippen molar-refractivity contribution in [1.29, 1.82) is 0 Å². The number of nitrogens with one attached hydrogen (secondary N) is 1. The first-order valence-corrected chi connectivity index (χ1v) is 7.18. The lowest BCUT2D eigenvalue weighted by atomic mass is 10.00. The quantitative estimate of drug-likeness (QED) is 0.874. The highest BCUT2D eigenvalue weighted by atomic mass is 35.5. The number of hydrogen-bond acceptors (Lipinski definition) is 3. The Hall–Kier alpha value is -0.580. The molecule has 1 fully saturated rings. The van der Waals surface area contributed by atoms with Crippen molar-refractivity contribution < 1.29 is 4.79 Å². The summed E-state index contributed by atoms with van der Waals surface area (Å²) in [5, 5.41) is 5.04. The Morgan fingerprint density at radius 1 is 1.50 bits per heavy atom. The SMILES string of the molecule is Cl.N[C@@H]1CCC[C@H]1CC(=O)NCCc1cccs1. The van der Waals surface area contributed by atoms with Crippen molar-refractivity contribution >= 4 is 29.7 Å². The molecule has 2 atom stereocenters. The third-order valence-electron chi connectivity index (χ3n) is 3.44. The van der Waals surface area contributed by atoms with E-state index in [1.165, 1.54) is 11.3 Å². The van der Waals surface area contributed by atoms with E-state index in [2.05, 4.69) is 16.8 Å². The summed E-state index contributed by atoms with van der Waals surface area (Å²) in [7, 11) is 0. The minimum Gasteiger partial charge on any atom is -0.356 e. The molecule has 0 aliphatic heterocycles. The lowest BCUT2D eigenvalue weighted by molar-refractivity contribution is -0.122. The van der Waals surface area contributed by atoms with Gasteiger partial charge in [-0.3, -0.25) is 4.79 Å². The summed E-state index contributed by atoms with van der Waals surface area (Å²) in [5.41, 5.74) is 5.95. The van der Waals surface area contributed by atoms with Crippen LogP contribution in [0.3, 0.4) is 0 Å². The fourth-order valence-electron chi connectivity index (χ4n) is 2.41. The highest BCUT2D eigenvalue weighted by Crippen LogP contribution is 2.26. The van der Waals surface area contributed by atoms with Gasteiger partial charge in [-0.15, -0.1) is 23.7 Å². The van der Waals surface area contributed by atoms with E-state index in [4.69, 9.17) is 5.73 Å².